The van der Waals surface area contributed by atoms with Gasteiger partial charge in [0.15, 0.2) is 0 Å². The molecular formula is C16H22N2O2. The van der Waals surface area contributed by atoms with Crippen LogP contribution in [0.25, 0.3) is 0 Å². The molecule has 0 saturated carbocycles. The van der Waals surface area contributed by atoms with Crippen LogP contribution in [0.2, 0.25) is 0 Å². The first kappa shape index (κ1) is 16.2. The van der Waals surface area contributed by atoms with E-state index in [0.717, 1.165) is 16.8 Å². The van der Waals surface area contributed by atoms with Crippen molar-refractivity contribution in [2.45, 2.75) is 32.8 Å². The third kappa shape index (κ3) is 5.04. The third-order valence-corrected chi connectivity index (χ3v) is 2.99. The van der Waals surface area contributed by atoms with Crippen molar-refractivity contribution in [1.82, 2.24) is 0 Å². The van der Waals surface area contributed by atoms with Crippen LogP contribution in [-0.2, 0) is 9.53 Å². The number of amides is 1. The van der Waals surface area contributed by atoms with Crippen molar-refractivity contribution in [1.29, 1.82) is 0 Å². The van der Waals surface area contributed by atoms with Crippen LogP contribution >= 0.6 is 0 Å². The van der Waals surface area contributed by atoms with Crippen LogP contribution in [0.15, 0.2) is 18.2 Å². The number of benzene rings is 1. The minimum atomic E-state index is -0.477. The predicted octanol–water partition coefficient (Wildman–Crippen LogP) is 2.06. The van der Waals surface area contributed by atoms with E-state index in [0.29, 0.717) is 13.0 Å². The Hall–Kier alpha value is -1.83. The van der Waals surface area contributed by atoms with Gasteiger partial charge in [0, 0.05) is 18.4 Å². The molecule has 1 aromatic carbocycles. The molecule has 108 valence electrons. The second-order valence-electron chi connectivity index (χ2n) is 5.22. The Morgan fingerprint density at radius 2 is 2.15 bits per heavy atom. The molecule has 0 atom stereocenters. The maximum absolute atomic E-state index is 12.0. The maximum Gasteiger partial charge on any atom is 0.227 e. The molecule has 0 aromatic heterocycles. The number of ether oxygens (including phenoxy) is 1. The molecule has 0 heterocycles. The highest BCUT2D eigenvalue weighted by Gasteiger charge is 2.21. The Morgan fingerprint density at radius 3 is 2.75 bits per heavy atom. The highest BCUT2D eigenvalue weighted by atomic mass is 16.5. The SMILES string of the molecule is COC(C)(C)CC(=O)Nc1cc(C#CCN)ccc1C. The number of rotatable bonds is 4. The Balaban J connectivity index is 2.83. The van der Waals surface area contributed by atoms with E-state index >= 15 is 0 Å². The van der Waals surface area contributed by atoms with E-state index in [1.807, 2.05) is 39.0 Å². The first-order valence-corrected chi connectivity index (χ1v) is 6.52. The summed E-state index contributed by atoms with van der Waals surface area (Å²) < 4.78 is 5.26. The Labute approximate surface area is 120 Å². The number of methoxy groups -OCH3 is 1. The number of aryl methyl sites for hydroxylation is 1. The number of hydrogen-bond acceptors (Lipinski definition) is 3. The van der Waals surface area contributed by atoms with Gasteiger partial charge in [0.05, 0.1) is 18.6 Å². The zero-order valence-corrected chi connectivity index (χ0v) is 12.5. The number of anilines is 1. The predicted molar refractivity (Wildman–Crippen MR) is 81.4 cm³/mol. The number of nitrogens with two attached hydrogens (primary N) is 1. The van der Waals surface area contributed by atoms with E-state index in [1.54, 1.807) is 7.11 Å². The van der Waals surface area contributed by atoms with Crippen LogP contribution in [0.5, 0.6) is 0 Å². The summed E-state index contributed by atoms with van der Waals surface area (Å²) >= 11 is 0. The topological polar surface area (TPSA) is 64.3 Å². The molecule has 4 heteroatoms. The normalized spacial score (nSPS) is 10.7. The highest BCUT2D eigenvalue weighted by Crippen LogP contribution is 2.19. The quantitative estimate of drug-likeness (QED) is 0.826. The van der Waals surface area contributed by atoms with Gasteiger partial charge in [0.1, 0.15) is 0 Å². The molecule has 1 aromatic rings. The second-order valence-corrected chi connectivity index (χ2v) is 5.22. The van der Waals surface area contributed by atoms with Gasteiger partial charge in [-0.15, -0.1) is 0 Å². The van der Waals surface area contributed by atoms with Crippen LogP contribution in [0.4, 0.5) is 5.69 Å². The van der Waals surface area contributed by atoms with Gasteiger partial charge in [0.25, 0.3) is 0 Å². The van der Waals surface area contributed by atoms with Crippen LogP contribution in [0.3, 0.4) is 0 Å². The third-order valence-electron chi connectivity index (χ3n) is 2.99. The molecule has 0 unspecified atom stereocenters. The van der Waals surface area contributed by atoms with E-state index in [1.165, 1.54) is 0 Å². The molecule has 4 nitrogen and oxygen atoms in total. The van der Waals surface area contributed by atoms with Crippen molar-refractivity contribution in [3.63, 3.8) is 0 Å². The molecule has 0 spiro atoms. The number of nitrogens with one attached hydrogen (secondary N) is 1. The molecule has 0 radical (unpaired) electrons. The summed E-state index contributed by atoms with van der Waals surface area (Å²) in [4.78, 5) is 12.0. The maximum atomic E-state index is 12.0. The Kier molecular flexibility index (Phi) is 5.75. The van der Waals surface area contributed by atoms with E-state index in [9.17, 15) is 4.79 Å². The van der Waals surface area contributed by atoms with Crippen LogP contribution < -0.4 is 11.1 Å². The van der Waals surface area contributed by atoms with Crippen molar-refractivity contribution < 1.29 is 9.53 Å². The molecule has 0 saturated heterocycles. The molecule has 0 fully saturated rings. The smallest absolute Gasteiger partial charge is 0.227 e. The van der Waals surface area contributed by atoms with Crippen molar-refractivity contribution in [2.75, 3.05) is 19.0 Å². The lowest BCUT2D eigenvalue weighted by Gasteiger charge is -2.22. The standard InChI is InChI=1S/C16H22N2O2/c1-12-7-8-13(6-5-9-17)10-14(12)18-15(19)11-16(2,3)20-4/h7-8,10H,9,11,17H2,1-4H3,(H,18,19). The molecule has 1 amide bonds. The lowest BCUT2D eigenvalue weighted by atomic mass is 10.0. The molecule has 0 aliphatic heterocycles. The second kappa shape index (κ2) is 7.09. The summed E-state index contributed by atoms with van der Waals surface area (Å²) in [6, 6.07) is 5.69. The number of carbonyl (C=O) groups is 1. The fourth-order valence-electron chi connectivity index (χ4n) is 1.64. The van der Waals surface area contributed by atoms with Crippen LogP contribution in [-0.4, -0.2) is 25.2 Å². The first-order chi connectivity index (χ1) is 9.38. The molecule has 3 N–H and O–H groups in total. The van der Waals surface area contributed by atoms with E-state index in [2.05, 4.69) is 17.2 Å². The van der Waals surface area contributed by atoms with Crippen LogP contribution in [0.1, 0.15) is 31.4 Å². The first-order valence-electron chi connectivity index (χ1n) is 6.52. The molecule has 0 aliphatic rings. The zero-order chi connectivity index (χ0) is 15.2. The fraction of sp³-hybridized carbons (Fsp3) is 0.438. The minimum absolute atomic E-state index is 0.0797. The summed E-state index contributed by atoms with van der Waals surface area (Å²) in [5, 5.41) is 2.90. The lowest BCUT2D eigenvalue weighted by Crippen LogP contribution is -2.29. The molecular weight excluding hydrogens is 252 g/mol. The number of carbonyl (C=O) groups excluding carboxylic acids is 1. The van der Waals surface area contributed by atoms with E-state index < -0.39 is 5.60 Å². The largest absolute Gasteiger partial charge is 0.378 e. The fourth-order valence-corrected chi connectivity index (χ4v) is 1.64. The lowest BCUT2D eigenvalue weighted by molar-refractivity contribution is -0.121. The average Bonchev–Trinajstić information content (AvgIpc) is 2.39. The van der Waals surface area contributed by atoms with Gasteiger partial charge in [0.2, 0.25) is 5.91 Å². The van der Waals surface area contributed by atoms with Gasteiger partial charge in [-0.05, 0) is 38.5 Å². The van der Waals surface area contributed by atoms with Gasteiger partial charge in [-0.2, -0.15) is 0 Å². The zero-order valence-electron chi connectivity index (χ0n) is 12.5. The van der Waals surface area contributed by atoms with Gasteiger partial charge in [-0.3, -0.25) is 4.79 Å². The summed E-state index contributed by atoms with van der Waals surface area (Å²) in [7, 11) is 1.60. The summed E-state index contributed by atoms with van der Waals surface area (Å²) in [6.45, 7) is 6.01. The molecule has 0 bridgehead atoms. The summed E-state index contributed by atoms with van der Waals surface area (Å²) in [5.74, 6) is 5.67. The summed E-state index contributed by atoms with van der Waals surface area (Å²) in [5.41, 5.74) is 7.47. The van der Waals surface area contributed by atoms with Crippen molar-refractivity contribution in [3.05, 3.63) is 29.3 Å². The van der Waals surface area contributed by atoms with E-state index in [4.69, 9.17) is 10.5 Å². The summed E-state index contributed by atoms with van der Waals surface area (Å²) in [6.07, 6.45) is 0.293. The monoisotopic (exact) mass is 274 g/mol. The minimum Gasteiger partial charge on any atom is -0.378 e. The molecule has 0 aliphatic carbocycles. The van der Waals surface area contributed by atoms with Crippen molar-refractivity contribution >= 4 is 11.6 Å². The number of hydrogen-bond donors (Lipinski definition) is 2. The Morgan fingerprint density at radius 1 is 1.45 bits per heavy atom. The average molecular weight is 274 g/mol. The van der Waals surface area contributed by atoms with Crippen molar-refractivity contribution in [2.24, 2.45) is 5.73 Å². The van der Waals surface area contributed by atoms with Gasteiger partial charge in [-0.1, -0.05) is 17.9 Å². The van der Waals surface area contributed by atoms with E-state index in [-0.39, 0.29) is 5.91 Å². The molecule has 20 heavy (non-hydrogen) atoms. The van der Waals surface area contributed by atoms with Gasteiger partial charge in [-0.25, -0.2) is 0 Å². The van der Waals surface area contributed by atoms with Crippen molar-refractivity contribution in [3.8, 4) is 11.8 Å². The van der Waals surface area contributed by atoms with Gasteiger partial charge < -0.3 is 15.8 Å². The Bertz CT molecular complexity index is 539. The van der Waals surface area contributed by atoms with Crippen LogP contribution in [0, 0.1) is 18.8 Å². The van der Waals surface area contributed by atoms with Gasteiger partial charge >= 0.3 is 0 Å². The molecule has 1 rings (SSSR count). The highest BCUT2D eigenvalue weighted by molar-refractivity contribution is 5.92.